The highest BCUT2D eigenvalue weighted by Gasteiger charge is 2.22. The van der Waals surface area contributed by atoms with Gasteiger partial charge in [0.15, 0.2) is 0 Å². The van der Waals surface area contributed by atoms with Crippen molar-refractivity contribution in [1.82, 2.24) is 20.6 Å². The number of rotatable bonds is 12. The molecule has 0 radical (unpaired) electrons. The van der Waals surface area contributed by atoms with E-state index in [9.17, 15) is 14.4 Å². The minimum absolute atomic E-state index is 0.0387. The average Bonchev–Trinajstić information content (AvgIpc) is 3.38. The molecule has 0 saturated carbocycles. The van der Waals surface area contributed by atoms with Crippen LogP contribution in [0.3, 0.4) is 0 Å². The summed E-state index contributed by atoms with van der Waals surface area (Å²) < 4.78 is 4.74. The number of methoxy groups -OCH3 is 1. The predicted octanol–water partition coefficient (Wildman–Crippen LogP) is 1.83. The summed E-state index contributed by atoms with van der Waals surface area (Å²) in [6.07, 6.45) is 8.31. The third-order valence-electron chi connectivity index (χ3n) is 4.38. The fraction of sp³-hybridized carbons (Fsp3) is 0.667. The van der Waals surface area contributed by atoms with Crippen LogP contribution in [0.4, 0.5) is 0 Å². The second-order valence-electron chi connectivity index (χ2n) is 6.60. The maximum absolute atomic E-state index is 12.1. The number of imidazole rings is 1. The first kappa shape index (κ1) is 22.6. The Morgan fingerprint density at radius 2 is 2.18 bits per heavy atom. The predicted molar refractivity (Wildman–Crippen MR) is 111 cm³/mol. The van der Waals surface area contributed by atoms with Crippen LogP contribution in [0.1, 0.15) is 44.2 Å². The number of H-pyrrole nitrogens is 1. The highest BCUT2D eigenvalue weighted by atomic mass is 33.1. The maximum atomic E-state index is 12.1. The normalized spacial score (nSPS) is 17.1. The summed E-state index contributed by atoms with van der Waals surface area (Å²) in [5.41, 5.74) is 0.721. The van der Waals surface area contributed by atoms with E-state index in [4.69, 9.17) is 4.74 Å². The number of carbonyl (C=O) groups excluding carboxylic acids is 3. The zero-order chi connectivity index (χ0) is 20.2. The molecular weight excluding hydrogens is 400 g/mol. The standard InChI is InChI=1S/C18H28N4O4S2/c1-26-18(25)15(10-13-11-19-12-21-13)22-17(24)6-8-20-16(23)5-3-2-4-14-7-9-27-28-14/h11-12,14-15H,2-10H2,1H3,(H,19,21)(H,20,23)(H,22,24)/t14?,15-/m0/s1. The number of nitrogens with zero attached hydrogens (tertiary/aromatic N) is 1. The zero-order valence-electron chi connectivity index (χ0n) is 16.1. The quantitative estimate of drug-likeness (QED) is 0.264. The Morgan fingerprint density at radius 3 is 2.86 bits per heavy atom. The van der Waals surface area contributed by atoms with E-state index < -0.39 is 12.0 Å². The lowest BCUT2D eigenvalue weighted by molar-refractivity contribution is -0.145. The Bertz CT molecular complexity index is 621. The van der Waals surface area contributed by atoms with Gasteiger partial charge in [-0.3, -0.25) is 9.59 Å². The van der Waals surface area contributed by atoms with Gasteiger partial charge >= 0.3 is 5.97 Å². The van der Waals surface area contributed by atoms with Crippen LogP contribution in [-0.2, 0) is 25.5 Å². The number of aromatic nitrogens is 2. The Labute approximate surface area is 173 Å². The molecule has 0 bridgehead atoms. The summed E-state index contributed by atoms with van der Waals surface area (Å²) in [6.45, 7) is 0.248. The Hall–Kier alpha value is -1.68. The molecule has 1 aliphatic heterocycles. The van der Waals surface area contributed by atoms with Crippen LogP contribution in [-0.4, -0.2) is 58.5 Å². The van der Waals surface area contributed by atoms with Gasteiger partial charge < -0.3 is 20.4 Å². The molecule has 0 spiro atoms. The van der Waals surface area contributed by atoms with Crippen LogP contribution in [0.15, 0.2) is 12.5 Å². The summed E-state index contributed by atoms with van der Waals surface area (Å²) in [6, 6.07) is -0.791. The van der Waals surface area contributed by atoms with E-state index in [2.05, 4.69) is 20.6 Å². The van der Waals surface area contributed by atoms with Gasteiger partial charge in [0.2, 0.25) is 11.8 Å². The molecule has 8 nitrogen and oxygen atoms in total. The van der Waals surface area contributed by atoms with E-state index in [1.807, 2.05) is 21.6 Å². The largest absolute Gasteiger partial charge is 0.467 e. The number of aromatic amines is 1. The maximum Gasteiger partial charge on any atom is 0.328 e. The molecular formula is C18H28N4O4S2. The van der Waals surface area contributed by atoms with Crippen LogP contribution < -0.4 is 10.6 Å². The van der Waals surface area contributed by atoms with Crippen molar-refractivity contribution < 1.29 is 19.1 Å². The highest BCUT2D eigenvalue weighted by molar-refractivity contribution is 8.77. The molecule has 2 rings (SSSR count). The van der Waals surface area contributed by atoms with Crippen molar-refractivity contribution >= 4 is 39.4 Å². The van der Waals surface area contributed by atoms with E-state index in [1.165, 1.54) is 32.0 Å². The summed E-state index contributed by atoms with van der Waals surface area (Å²) in [5.74, 6) is 0.358. The fourth-order valence-electron chi connectivity index (χ4n) is 2.84. The number of unbranched alkanes of at least 4 members (excludes halogenated alkanes) is 1. The Balaban J connectivity index is 1.59. The molecule has 156 valence electrons. The number of carbonyl (C=O) groups is 3. The van der Waals surface area contributed by atoms with Gasteiger partial charge in [0.25, 0.3) is 0 Å². The molecule has 1 aliphatic rings. The molecule has 1 aromatic heterocycles. The number of amides is 2. The molecule has 2 atom stereocenters. The molecule has 0 aromatic carbocycles. The molecule has 0 aliphatic carbocycles. The third kappa shape index (κ3) is 8.55. The zero-order valence-corrected chi connectivity index (χ0v) is 17.7. The van der Waals surface area contributed by atoms with Crippen molar-refractivity contribution in [3.8, 4) is 0 Å². The summed E-state index contributed by atoms with van der Waals surface area (Å²) >= 11 is 0. The number of hydrogen-bond acceptors (Lipinski definition) is 7. The van der Waals surface area contributed by atoms with E-state index in [0.717, 1.165) is 23.8 Å². The Morgan fingerprint density at radius 1 is 1.32 bits per heavy atom. The van der Waals surface area contributed by atoms with Crippen LogP contribution >= 0.6 is 21.6 Å². The molecule has 28 heavy (non-hydrogen) atoms. The first-order valence-corrected chi connectivity index (χ1v) is 11.9. The molecule has 1 unspecified atom stereocenters. The lowest BCUT2D eigenvalue weighted by Gasteiger charge is -2.16. The first-order valence-electron chi connectivity index (χ1n) is 9.48. The molecule has 3 N–H and O–H groups in total. The number of hydrogen-bond donors (Lipinski definition) is 3. The fourth-order valence-corrected chi connectivity index (χ4v) is 5.87. The van der Waals surface area contributed by atoms with E-state index in [1.54, 1.807) is 6.20 Å². The third-order valence-corrected chi connectivity index (χ3v) is 7.39. The lowest BCUT2D eigenvalue weighted by Crippen LogP contribution is -2.44. The topological polar surface area (TPSA) is 113 Å². The minimum atomic E-state index is -0.791. The van der Waals surface area contributed by atoms with Crippen molar-refractivity contribution in [1.29, 1.82) is 0 Å². The number of esters is 1. The van der Waals surface area contributed by atoms with Crippen molar-refractivity contribution in [3.05, 3.63) is 18.2 Å². The second kappa shape index (κ2) is 12.7. The molecule has 2 amide bonds. The average molecular weight is 429 g/mol. The Kier molecular flexibility index (Phi) is 10.3. The SMILES string of the molecule is COC(=O)[C@H](Cc1cnc[nH]1)NC(=O)CCNC(=O)CCCCC1CCSS1. The summed E-state index contributed by atoms with van der Waals surface area (Å²) in [4.78, 5) is 42.6. The van der Waals surface area contributed by atoms with E-state index in [0.29, 0.717) is 6.42 Å². The van der Waals surface area contributed by atoms with Crippen LogP contribution in [0.25, 0.3) is 0 Å². The molecule has 2 heterocycles. The smallest absolute Gasteiger partial charge is 0.328 e. The van der Waals surface area contributed by atoms with Gasteiger partial charge in [0, 0.05) is 48.7 Å². The number of nitrogens with one attached hydrogen (secondary N) is 3. The van der Waals surface area contributed by atoms with Gasteiger partial charge in [0.1, 0.15) is 6.04 Å². The van der Waals surface area contributed by atoms with Crippen molar-refractivity contribution in [2.45, 2.75) is 56.2 Å². The van der Waals surface area contributed by atoms with Gasteiger partial charge in [-0.1, -0.05) is 28.0 Å². The van der Waals surface area contributed by atoms with Crippen LogP contribution in [0.5, 0.6) is 0 Å². The monoisotopic (exact) mass is 428 g/mol. The van der Waals surface area contributed by atoms with Gasteiger partial charge in [-0.25, -0.2) is 9.78 Å². The van der Waals surface area contributed by atoms with Crippen LogP contribution in [0.2, 0.25) is 0 Å². The molecule has 10 heteroatoms. The molecule has 1 aromatic rings. The molecule has 1 saturated heterocycles. The van der Waals surface area contributed by atoms with Gasteiger partial charge in [0.05, 0.1) is 13.4 Å². The van der Waals surface area contributed by atoms with Crippen molar-refractivity contribution in [2.24, 2.45) is 0 Å². The van der Waals surface area contributed by atoms with Crippen LogP contribution in [0, 0.1) is 0 Å². The van der Waals surface area contributed by atoms with Crippen molar-refractivity contribution in [3.63, 3.8) is 0 Å². The van der Waals surface area contributed by atoms with Crippen molar-refractivity contribution in [2.75, 3.05) is 19.4 Å². The second-order valence-corrected chi connectivity index (χ2v) is 9.39. The highest BCUT2D eigenvalue weighted by Crippen LogP contribution is 2.39. The summed E-state index contributed by atoms with van der Waals surface area (Å²) in [7, 11) is 5.17. The van der Waals surface area contributed by atoms with Gasteiger partial charge in [-0.15, -0.1) is 0 Å². The first-order chi connectivity index (χ1) is 13.6. The number of ether oxygens (including phenoxy) is 1. The van der Waals surface area contributed by atoms with E-state index >= 15 is 0 Å². The van der Waals surface area contributed by atoms with Gasteiger partial charge in [-0.2, -0.15) is 0 Å². The summed E-state index contributed by atoms with van der Waals surface area (Å²) in [5, 5.41) is 6.15. The minimum Gasteiger partial charge on any atom is -0.467 e. The van der Waals surface area contributed by atoms with E-state index in [-0.39, 0.29) is 31.2 Å². The molecule has 1 fully saturated rings. The van der Waals surface area contributed by atoms with Gasteiger partial charge in [-0.05, 0) is 19.3 Å². The lowest BCUT2D eigenvalue weighted by atomic mass is 10.1.